The van der Waals surface area contributed by atoms with Gasteiger partial charge in [-0.05, 0) is 79.3 Å². The van der Waals surface area contributed by atoms with Gasteiger partial charge in [-0.25, -0.2) is 4.98 Å². The van der Waals surface area contributed by atoms with Crippen LogP contribution in [0.2, 0.25) is 5.15 Å². The predicted octanol–water partition coefficient (Wildman–Crippen LogP) is 6.49. The molecule has 6 nitrogen and oxygen atoms in total. The fourth-order valence-corrected chi connectivity index (χ4v) is 4.38. The number of aromatic hydroxyl groups is 1. The van der Waals surface area contributed by atoms with E-state index >= 15 is 0 Å². The van der Waals surface area contributed by atoms with Crippen LogP contribution in [0.1, 0.15) is 16.7 Å². The molecule has 2 heterocycles. The second kappa shape index (κ2) is 9.37. The number of rotatable bonds is 5. The van der Waals surface area contributed by atoms with Crippen molar-refractivity contribution in [3.8, 4) is 23.1 Å². The van der Waals surface area contributed by atoms with Crippen LogP contribution in [0.3, 0.4) is 0 Å². The van der Waals surface area contributed by atoms with Crippen LogP contribution < -0.4 is 10.3 Å². The van der Waals surface area contributed by atoms with Crippen LogP contribution in [0, 0.1) is 11.7 Å². The molecule has 5 rings (SSSR count). The molecule has 0 saturated carbocycles. The summed E-state index contributed by atoms with van der Waals surface area (Å²) in [5, 5.41) is 12.3. The first-order valence-corrected chi connectivity index (χ1v) is 11.6. The molecular formula is C27H20ClN3O3S. The Hall–Kier alpha value is -3.94. The van der Waals surface area contributed by atoms with Crippen LogP contribution >= 0.6 is 23.8 Å². The number of hydrogen-bond donors (Lipinski definition) is 2. The average Bonchev–Trinajstić information content (AvgIpc) is 2.84. The fraction of sp³-hybridized carbons (Fsp3) is 0.0741. The van der Waals surface area contributed by atoms with Gasteiger partial charge in [-0.15, -0.1) is 0 Å². The molecule has 35 heavy (non-hydrogen) atoms. The molecule has 0 aliphatic carbocycles. The lowest BCUT2D eigenvalue weighted by atomic mass is 10.1. The number of hydrogen-bond acceptors (Lipinski definition) is 5. The number of fused-ring (bicyclic) bond motifs is 1. The number of para-hydroxylation sites is 1. The molecule has 0 radical (unpaired) electrons. The number of nitrogens with zero attached hydrogens (tertiary/aromatic N) is 2. The predicted molar refractivity (Wildman–Crippen MR) is 140 cm³/mol. The summed E-state index contributed by atoms with van der Waals surface area (Å²) >= 11 is 11.8. The van der Waals surface area contributed by atoms with Gasteiger partial charge >= 0.3 is 0 Å². The van der Waals surface area contributed by atoms with E-state index in [-0.39, 0.29) is 27.8 Å². The van der Waals surface area contributed by atoms with Gasteiger partial charge in [-0.2, -0.15) is 0 Å². The number of halogens is 1. The molecule has 0 aliphatic heterocycles. The van der Waals surface area contributed by atoms with E-state index in [1.807, 2.05) is 61.5 Å². The van der Waals surface area contributed by atoms with E-state index in [0.717, 1.165) is 16.5 Å². The lowest BCUT2D eigenvalue weighted by molar-refractivity contribution is 0.426. The van der Waals surface area contributed by atoms with Crippen molar-refractivity contribution in [1.29, 1.82) is 0 Å². The molecule has 0 unspecified atom stereocenters. The van der Waals surface area contributed by atoms with Gasteiger partial charge in [0.15, 0.2) is 4.77 Å². The first-order valence-electron chi connectivity index (χ1n) is 10.9. The summed E-state index contributed by atoms with van der Waals surface area (Å²) in [5.41, 5.74) is 2.70. The summed E-state index contributed by atoms with van der Waals surface area (Å²) in [6.45, 7) is 1.99. The van der Waals surface area contributed by atoms with E-state index in [4.69, 9.17) is 28.6 Å². The van der Waals surface area contributed by atoms with Gasteiger partial charge in [-0.3, -0.25) is 14.3 Å². The number of nitrogens with one attached hydrogen (secondary N) is 1. The van der Waals surface area contributed by atoms with Gasteiger partial charge in [0.1, 0.15) is 16.7 Å². The number of aromatic amines is 1. The third kappa shape index (κ3) is 4.69. The highest BCUT2D eigenvalue weighted by Crippen LogP contribution is 2.28. The highest BCUT2D eigenvalue weighted by atomic mass is 35.5. The van der Waals surface area contributed by atoms with Crippen LogP contribution in [-0.2, 0) is 6.42 Å². The van der Waals surface area contributed by atoms with Gasteiger partial charge in [-0.1, -0.05) is 41.4 Å². The Balaban J connectivity index is 1.51. The Morgan fingerprint density at radius 3 is 2.49 bits per heavy atom. The molecule has 0 aliphatic rings. The van der Waals surface area contributed by atoms with Crippen LogP contribution in [0.15, 0.2) is 83.7 Å². The van der Waals surface area contributed by atoms with E-state index in [2.05, 4.69) is 9.97 Å². The van der Waals surface area contributed by atoms with Crippen molar-refractivity contribution in [2.24, 2.45) is 0 Å². The molecule has 2 aromatic heterocycles. The van der Waals surface area contributed by atoms with Gasteiger partial charge in [0.05, 0.1) is 16.8 Å². The lowest BCUT2D eigenvalue weighted by Gasteiger charge is -2.14. The van der Waals surface area contributed by atoms with Gasteiger partial charge in [0, 0.05) is 11.8 Å². The Morgan fingerprint density at radius 1 is 1.03 bits per heavy atom. The zero-order chi connectivity index (χ0) is 24.5. The molecule has 0 saturated heterocycles. The van der Waals surface area contributed by atoms with Crippen molar-refractivity contribution in [1.82, 2.24) is 14.5 Å². The molecule has 174 valence electrons. The molecule has 0 amide bonds. The lowest BCUT2D eigenvalue weighted by Crippen LogP contribution is -2.18. The maximum atomic E-state index is 12.8. The third-order valence-corrected chi connectivity index (χ3v) is 6.23. The number of H-pyrrole nitrogens is 1. The van der Waals surface area contributed by atoms with Crippen molar-refractivity contribution >= 4 is 34.7 Å². The number of benzene rings is 3. The summed E-state index contributed by atoms with van der Waals surface area (Å²) in [6, 6.07) is 24.2. The SMILES string of the molecule is Cc1ccc2nc(Cl)c(Cc3c(O)n(-c4ccc(Oc5ccccc5)cc4)c(=S)[nH]c3=O)cc2c1. The summed E-state index contributed by atoms with van der Waals surface area (Å²) in [6.07, 6.45) is 0.0850. The summed E-state index contributed by atoms with van der Waals surface area (Å²) in [7, 11) is 0. The second-order valence-corrected chi connectivity index (χ2v) is 8.86. The highest BCUT2D eigenvalue weighted by Gasteiger charge is 2.17. The van der Waals surface area contributed by atoms with Gasteiger partial charge in [0.2, 0.25) is 5.88 Å². The summed E-state index contributed by atoms with van der Waals surface area (Å²) < 4.78 is 7.31. The van der Waals surface area contributed by atoms with Crippen molar-refractivity contribution in [3.05, 3.63) is 116 Å². The first-order chi connectivity index (χ1) is 16.9. The van der Waals surface area contributed by atoms with E-state index in [1.54, 1.807) is 24.3 Å². The molecule has 0 bridgehead atoms. The number of aryl methyl sites for hydroxylation is 1. The van der Waals surface area contributed by atoms with E-state index < -0.39 is 5.56 Å². The molecule has 8 heteroatoms. The smallest absolute Gasteiger partial charge is 0.259 e. The van der Waals surface area contributed by atoms with E-state index in [0.29, 0.717) is 22.7 Å². The van der Waals surface area contributed by atoms with Crippen LogP contribution in [-0.4, -0.2) is 19.6 Å². The Morgan fingerprint density at radius 2 is 1.74 bits per heavy atom. The fourth-order valence-electron chi connectivity index (χ4n) is 3.88. The Kier molecular flexibility index (Phi) is 6.11. The summed E-state index contributed by atoms with van der Waals surface area (Å²) in [4.78, 5) is 19.9. The second-order valence-electron chi connectivity index (χ2n) is 8.12. The minimum absolute atomic E-state index is 0.0753. The number of ether oxygens (including phenoxy) is 1. The molecule has 5 aromatic rings. The van der Waals surface area contributed by atoms with Crippen molar-refractivity contribution < 1.29 is 9.84 Å². The van der Waals surface area contributed by atoms with Crippen LogP contribution in [0.5, 0.6) is 17.4 Å². The minimum Gasteiger partial charge on any atom is -0.494 e. The highest BCUT2D eigenvalue weighted by molar-refractivity contribution is 7.71. The molecule has 0 atom stereocenters. The van der Waals surface area contributed by atoms with E-state index in [9.17, 15) is 9.90 Å². The third-order valence-electron chi connectivity index (χ3n) is 5.62. The molecule has 2 N–H and O–H groups in total. The normalized spacial score (nSPS) is 11.0. The number of pyridine rings is 1. The zero-order valence-electron chi connectivity index (χ0n) is 18.7. The minimum atomic E-state index is -0.479. The Labute approximate surface area is 211 Å². The maximum absolute atomic E-state index is 12.8. The first kappa shape index (κ1) is 22.8. The van der Waals surface area contributed by atoms with Crippen molar-refractivity contribution in [2.75, 3.05) is 0 Å². The number of aromatic nitrogens is 3. The standard InChI is InChI=1S/C27H20ClN3O3S/c1-16-7-12-23-17(13-16)14-18(24(28)29-23)15-22-25(32)30-27(35)31(26(22)33)19-8-10-21(11-9-19)34-20-5-3-2-4-6-20/h2-14,33H,15H2,1H3,(H,30,32,35). The molecule has 3 aromatic carbocycles. The molecule has 0 spiro atoms. The zero-order valence-corrected chi connectivity index (χ0v) is 20.2. The Bertz CT molecular complexity index is 1660. The van der Waals surface area contributed by atoms with Crippen LogP contribution in [0.25, 0.3) is 16.6 Å². The topological polar surface area (TPSA) is 80.1 Å². The van der Waals surface area contributed by atoms with Crippen LogP contribution in [0.4, 0.5) is 0 Å². The summed E-state index contributed by atoms with van der Waals surface area (Å²) in [5.74, 6) is 1.08. The van der Waals surface area contributed by atoms with E-state index in [1.165, 1.54) is 4.57 Å². The van der Waals surface area contributed by atoms with Crippen molar-refractivity contribution in [2.45, 2.75) is 13.3 Å². The maximum Gasteiger partial charge on any atom is 0.259 e. The quantitative estimate of drug-likeness (QED) is 0.212. The van der Waals surface area contributed by atoms with Gasteiger partial charge in [0.25, 0.3) is 5.56 Å². The van der Waals surface area contributed by atoms with Gasteiger partial charge < -0.3 is 9.84 Å². The van der Waals surface area contributed by atoms with Crippen molar-refractivity contribution in [3.63, 3.8) is 0 Å². The largest absolute Gasteiger partial charge is 0.494 e. The molecular weight excluding hydrogens is 482 g/mol. The average molecular weight is 502 g/mol. The molecule has 0 fully saturated rings. The monoisotopic (exact) mass is 501 g/mol.